The van der Waals surface area contributed by atoms with Gasteiger partial charge in [0.1, 0.15) is 0 Å². The second-order valence-electron chi connectivity index (χ2n) is 5.00. The molecule has 4 heteroatoms. The van der Waals surface area contributed by atoms with Gasteiger partial charge in [-0.2, -0.15) is 4.99 Å². The van der Waals surface area contributed by atoms with Crippen molar-refractivity contribution in [2.45, 2.75) is 38.6 Å². The van der Waals surface area contributed by atoms with Crippen LogP contribution < -0.4 is 9.47 Å². The van der Waals surface area contributed by atoms with Crippen LogP contribution in [0.1, 0.15) is 36.0 Å². The first-order valence-electron chi connectivity index (χ1n) is 6.17. The molecule has 1 aromatic carbocycles. The van der Waals surface area contributed by atoms with Crippen LogP contribution in [0.25, 0.3) is 0 Å². The predicted molar refractivity (Wildman–Crippen MR) is 65.7 cm³/mol. The van der Waals surface area contributed by atoms with E-state index in [1.54, 1.807) is 6.08 Å². The minimum Gasteiger partial charge on any atom is -0.454 e. The van der Waals surface area contributed by atoms with E-state index < -0.39 is 0 Å². The van der Waals surface area contributed by atoms with Crippen molar-refractivity contribution in [2.24, 2.45) is 4.99 Å². The second-order valence-corrected chi connectivity index (χ2v) is 5.00. The lowest BCUT2D eigenvalue weighted by molar-refractivity contribution is 0.173. The zero-order valence-electron chi connectivity index (χ0n) is 10.6. The number of ether oxygens (including phenoxy) is 2. The van der Waals surface area contributed by atoms with Crippen molar-refractivity contribution in [3.05, 3.63) is 22.8 Å². The summed E-state index contributed by atoms with van der Waals surface area (Å²) in [6.45, 7) is 4.33. The molecule has 1 aliphatic heterocycles. The Kier molecular flexibility index (Phi) is 2.42. The molecule has 0 saturated heterocycles. The van der Waals surface area contributed by atoms with Gasteiger partial charge in [0.05, 0.1) is 5.54 Å². The van der Waals surface area contributed by atoms with Crippen LogP contribution in [0.4, 0.5) is 0 Å². The number of nitrogens with zero attached hydrogens (tertiary/aromatic N) is 1. The summed E-state index contributed by atoms with van der Waals surface area (Å²) >= 11 is 0. The summed E-state index contributed by atoms with van der Waals surface area (Å²) in [6.07, 6.45) is 4.63. The molecule has 0 spiro atoms. The number of fused-ring (bicyclic) bond motifs is 1. The molecule has 0 amide bonds. The van der Waals surface area contributed by atoms with Crippen LogP contribution in [0.2, 0.25) is 0 Å². The molecule has 3 rings (SSSR count). The fraction of sp³-hybridized carbons (Fsp3) is 0.500. The lowest BCUT2D eigenvalue weighted by Gasteiger charge is -2.38. The zero-order valence-corrected chi connectivity index (χ0v) is 10.6. The summed E-state index contributed by atoms with van der Waals surface area (Å²) in [6, 6.07) is 1.98. The molecule has 0 bridgehead atoms. The molecule has 1 heterocycles. The maximum Gasteiger partial charge on any atom is 0.235 e. The van der Waals surface area contributed by atoms with Crippen molar-refractivity contribution >= 4 is 6.08 Å². The average Bonchev–Trinajstić information content (AvgIpc) is 2.77. The van der Waals surface area contributed by atoms with Crippen LogP contribution in [0.15, 0.2) is 11.1 Å². The molecular weight excluding hydrogens is 230 g/mol. The molecule has 94 valence electrons. The minimum absolute atomic E-state index is 0.267. The summed E-state index contributed by atoms with van der Waals surface area (Å²) in [7, 11) is 0. The molecule has 1 saturated carbocycles. The van der Waals surface area contributed by atoms with Crippen LogP contribution >= 0.6 is 0 Å². The van der Waals surface area contributed by atoms with E-state index in [0.717, 1.165) is 47.5 Å². The highest BCUT2D eigenvalue weighted by Gasteiger charge is 2.41. The fourth-order valence-corrected chi connectivity index (χ4v) is 2.82. The molecular formula is C14H15NO3. The molecule has 18 heavy (non-hydrogen) atoms. The van der Waals surface area contributed by atoms with Crippen LogP contribution in [-0.4, -0.2) is 12.9 Å². The summed E-state index contributed by atoms with van der Waals surface area (Å²) in [5.41, 5.74) is 2.92. The van der Waals surface area contributed by atoms with Gasteiger partial charge in [0, 0.05) is 0 Å². The smallest absolute Gasteiger partial charge is 0.235 e. The van der Waals surface area contributed by atoms with Crippen LogP contribution in [0, 0.1) is 13.8 Å². The van der Waals surface area contributed by atoms with E-state index in [9.17, 15) is 4.79 Å². The molecule has 0 aromatic heterocycles. The Bertz CT molecular complexity index is 555. The van der Waals surface area contributed by atoms with E-state index in [4.69, 9.17) is 9.47 Å². The zero-order chi connectivity index (χ0) is 12.8. The van der Waals surface area contributed by atoms with Gasteiger partial charge in [0.2, 0.25) is 12.9 Å². The Labute approximate surface area is 106 Å². The van der Waals surface area contributed by atoms with Gasteiger partial charge in [-0.3, -0.25) is 0 Å². The van der Waals surface area contributed by atoms with Gasteiger partial charge in [-0.15, -0.1) is 0 Å². The quantitative estimate of drug-likeness (QED) is 0.594. The summed E-state index contributed by atoms with van der Waals surface area (Å²) in [5.74, 6) is 1.58. The van der Waals surface area contributed by atoms with Crippen molar-refractivity contribution in [3.63, 3.8) is 0 Å². The molecule has 0 atom stereocenters. The monoisotopic (exact) mass is 245 g/mol. The SMILES string of the molecule is Cc1c(C2(N=C=O)CCC2)cc2c(c1C)OCO2. The van der Waals surface area contributed by atoms with Crippen molar-refractivity contribution < 1.29 is 14.3 Å². The van der Waals surface area contributed by atoms with Gasteiger partial charge in [-0.1, -0.05) is 0 Å². The van der Waals surface area contributed by atoms with Crippen molar-refractivity contribution in [2.75, 3.05) is 6.79 Å². The molecule has 0 N–H and O–H groups in total. The van der Waals surface area contributed by atoms with E-state index in [1.807, 2.05) is 19.9 Å². The highest BCUT2D eigenvalue weighted by Crippen LogP contribution is 2.50. The van der Waals surface area contributed by atoms with Crippen molar-refractivity contribution in [3.8, 4) is 11.5 Å². The third-order valence-electron chi connectivity index (χ3n) is 4.17. The highest BCUT2D eigenvalue weighted by molar-refractivity contribution is 5.57. The van der Waals surface area contributed by atoms with E-state index in [2.05, 4.69) is 4.99 Å². The van der Waals surface area contributed by atoms with Crippen LogP contribution in [0.3, 0.4) is 0 Å². The van der Waals surface area contributed by atoms with Gasteiger partial charge < -0.3 is 9.47 Å². The molecule has 0 radical (unpaired) electrons. The van der Waals surface area contributed by atoms with Gasteiger partial charge in [-0.05, 0) is 55.9 Å². The second kappa shape index (κ2) is 3.85. The van der Waals surface area contributed by atoms with Crippen LogP contribution in [0.5, 0.6) is 11.5 Å². The van der Waals surface area contributed by atoms with E-state index in [-0.39, 0.29) is 12.3 Å². The molecule has 4 nitrogen and oxygen atoms in total. The van der Waals surface area contributed by atoms with Crippen LogP contribution in [-0.2, 0) is 10.3 Å². The van der Waals surface area contributed by atoms with Gasteiger partial charge in [0.25, 0.3) is 0 Å². The molecule has 1 aromatic rings. The number of carbonyl (C=O) groups excluding carboxylic acids is 1. The number of benzene rings is 1. The third kappa shape index (κ3) is 1.39. The fourth-order valence-electron chi connectivity index (χ4n) is 2.82. The number of aliphatic imine (C=N–C) groups is 1. The van der Waals surface area contributed by atoms with E-state index in [0.29, 0.717) is 0 Å². The van der Waals surface area contributed by atoms with Gasteiger partial charge in [0.15, 0.2) is 11.5 Å². The first-order valence-corrected chi connectivity index (χ1v) is 6.17. The van der Waals surface area contributed by atoms with E-state index in [1.165, 1.54) is 0 Å². The minimum atomic E-state index is -0.377. The lowest BCUT2D eigenvalue weighted by atomic mass is 9.70. The molecule has 0 unspecified atom stereocenters. The number of hydrogen-bond donors (Lipinski definition) is 0. The first kappa shape index (κ1) is 11.3. The maximum atomic E-state index is 10.7. The number of hydrogen-bond acceptors (Lipinski definition) is 4. The summed E-state index contributed by atoms with van der Waals surface area (Å²) in [5, 5.41) is 0. The van der Waals surface area contributed by atoms with Gasteiger partial charge in [-0.25, -0.2) is 4.79 Å². The standard InChI is InChI=1S/C14H15NO3/c1-9-10(2)13-12(17-8-18-13)6-11(9)14(15-7-16)4-3-5-14/h6H,3-5,8H2,1-2H3. The number of rotatable bonds is 2. The normalized spacial score (nSPS) is 19.0. The highest BCUT2D eigenvalue weighted by atomic mass is 16.7. The number of isocyanates is 1. The first-order chi connectivity index (χ1) is 8.68. The molecule has 1 aliphatic carbocycles. The average molecular weight is 245 g/mol. The third-order valence-corrected chi connectivity index (χ3v) is 4.17. The Hall–Kier alpha value is -1.80. The summed E-state index contributed by atoms with van der Waals surface area (Å²) < 4.78 is 10.9. The summed E-state index contributed by atoms with van der Waals surface area (Å²) in [4.78, 5) is 14.7. The molecule has 1 fully saturated rings. The Morgan fingerprint density at radius 2 is 2.06 bits per heavy atom. The Morgan fingerprint density at radius 3 is 2.67 bits per heavy atom. The maximum absolute atomic E-state index is 10.7. The van der Waals surface area contributed by atoms with Crippen molar-refractivity contribution in [1.29, 1.82) is 0 Å². The lowest BCUT2D eigenvalue weighted by Crippen LogP contribution is -2.32. The predicted octanol–water partition coefficient (Wildman–Crippen LogP) is 2.75. The molecule has 2 aliphatic rings. The Balaban J connectivity index is 2.18. The topological polar surface area (TPSA) is 47.9 Å². The largest absolute Gasteiger partial charge is 0.454 e. The van der Waals surface area contributed by atoms with Crippen molar-refractivity contribution in [1.82, 2.24) is 0 Å². The Morgan fingerprint density at radius 1 is 1.28 bits per heavy atom. The van der Waals surface area contributed by atoms with E-state index >= 15 is 0 Å². The van der Waals surface area contributed by atoms with Gasteiger partial charge >= 0.3 is 0 Å².